The van der Waals surface area contributed by atoms with Crippen molar-refractivity contribution in [2.24, 2.45) is 0 Å². The Kier molecular flexibility index (Phi) is 6.44. The van der Waals surface area contributed by atoms with Gasteiger partial charge in [-0.3, -0.25) is 4.79 Å². The Balaban J connectivity index is 1.32. The van der Waals surface area contributed by atoms with Crippen LogP contribution in [-0.4, -0.2) is 29.0 Å². The van der Waals surface area contributed by atoms with E-state index in [0.717, 1.165) is 30.6 Å². The van der Waals surface area contributed by atoms with E-state index in [1.165, 1.54) is 23.5 Å². The minimum atomic E-state index is -0.320. The number of benzene rings is 1. The van der Waals surface area contributed by atoms with Gasteiger partial charge in [-0.15, -0.1) is 11.3 Å². The van der Waals surface area contributed by atoms with Gasteiger partial charge in [-0.25, -0.2) is 9.37 Å². The highest BCUT2D eigenvalue weighted by atomic mass is 35.5. The van der Waals surface area contributed by atoms with Crippen LogP contribution in [0.1, 0.15) is 40.4 Å². The van der Waals surface area contributed by atoms with E-state index in [-0.39, 0.29) is 11.7 Å². The first-order valence-corrected chi connectivity index (χ1v) is 10.9. The van der Waals surface area contributed by atoms with Crippen LogP contribution in [0.3, 0.4) is 0 Å². The molecule has 30 heavy (non-hydrogen) atoms. The second-order valence-corrected chi connectivity index (χ2v) is 8.76. The number of carbonyl (C=O) groups excluding carboxylic acids is 1. The van der Waals surface area contributed by atoms with E-state index in [0.29, 0.717) is 39.9 Å². The largest absolute Gasteiger partial charge is 0.370 e. The minimum absolute atomic E-state index is 0.116. The maximum atomic E-state index is 13.4. The Morgan fingerprint density at radius 3 is 2.83 bits per heavy atom. The van der Waals surface area contributed by atoms with Crippen LogP contribution in [0.25, 0.3) is 0 Å². The van der Waals surface area contributed by atoms with E-state index in [1.54, 1.807) is 24.3 Å². The van der Waals surface area contributed by atoms with Crippen molar-refractivity contribution < 1.29 is 9.18 Å². The summed E-state index contributed by atoms with van der Waals surface area (Å²) in [5.74, 6) is 1.24. The van der Waals surface area contributed by atoms with Gasteiger partial charge in [0.1, 0.15) is 11.6 Å². The molecule has 0 radical (unpaired) electrons. The van der Waals surface area contributed by atoms with E-state index >= 15 is 0 Å². The summed E-state index contributed by atoms with van der Waals surface area (Å²) in [5, 5.41) is 9.28. The monoisotopic (exact) mass is 445 g/mol. The molecule has 1 amide bonds. The maximum Gasteiger partial charge on any atom is 0.261 e. The topological polar surface area (TPSA) is 78.9 Å². The Morgan fingerprint density at radius 2 is 2.10 bits per heavy atom. The van der Waals surface area contributed by atoms with Gasteiger partial charge in [-0.05, 0) is 55.5 Å². The number of anilines is 3. The van der Waals surface area contributed by atoms with Crippen molar-refractivity contribution in [3.63, 3.8) is 0 Å². The third kappa shape index (κ3) is 5.46. The number of nitrogens with one attached hydrogen (secondary N) is 3. The van der Waals surface area contributed by atoms with Crippen LogP contribution in [0.15, 0.2) is 42.6 Å². The summed E-state index contributed by atoms with van der Waals surface area (Å²) in [7, 11) is 0. The summed E-state index contributed by atoms with van der Waals surface area (Å²) in [5.41, 5.74) is 1.69. The maximum absolute atomic E-state index is 13.4. The normalized spacial score (nSPS) is 13.1. The highest BCUT2D eigenvalue weighted by molar-refractivity contribution is 7.17. The molecule has 0 saturated heterocycles. The van der Waals surface area contributed by atoms with Crippen LogP contribution in [0.4, 0.5) is 21.8 Å². The van der Waals surface area contributed by atoms with Crippen molar-refractivity contribution in [3.8, 4) is 0 Å². The fourth-order valence-electron chi connectivity index (χ4n) is 3.00. The first-order chi connectivity index (χ1) is 14.6. The van der Waals surface area contributed by atoms with Crippen molar-refractivity contribution in [2.45, 2.75) is 25.2 Å². The predicted molar refractivity (Wildman–Crippen MR) is 118 cm³/mol. The first-order valence-electron chi connectivity index (χ1n) is 9.75. The van der Waals surface area contributed by atoms with Crippen molar-refractivity contribution in [1.29, 1.82) is 0 Å². The number of thiophene rings is 1. The van der Waals surface area contributed by atoms with Crippen LogP contribution in [0, 0.1) is 5.82 Å². The lowest BCUT2D eigenvalue weighted by molar-refractivity contribution is 0.0957. The Labute approximate surface area is 182 Å². The van der Waals surface area contributed by atoms with Gasteiger partial charge in [-0.2, -0.15) is 4.98 Å². The molecule has 1 aliphatic carbocycles. The molecule has 0 unspecified atom stereocenters. The summed E-state index contributed by atoms with van der Waals surface area (Å²) in [6.07, 6.45) is 4.84. The number of halogens is 2. The van der Waals surface area contributed by atoms with Gasteiger partial charge in [0.2, 0.25) is 5.95 Å². The van der Waals surface area contributed by atoms with Crippen LogP contribution >= 0.6 is 22.9 Å². The summed E-state index contributed by atoms with van der Waals surface area (Å²) < 4.78 is 14.0. The molecular formula is C21H21ClFN5OS. The molecule has 0 aliphatic heterocycles. The molecule has 9 heteroatoms. The van der Waals surface area contributed by atoms with Gasteiger partial charge in [0.25, 0.3) is 5.91 Å². The summed E-state index contributed by atoms with van der Waals surface area (Å²) in [6, 6.07) is 9.62. The molecule has 1 fully saturated rings. The van der Waals surface area contributed by atoms with E-state index in [9.17, 15) is 9.18 Å². The lowest BCUT2D eigenvalue weighted by Crippen LogP contribution is -2.25. The molecule has 1 saturated carbocycles. The van der Waals surface area contributed by atoms with Crippen molar-refractivity contribution in [1.82, 2.24) is 15.3 Å². The Morgan fingerprint density at radius 1 is 1.23 bits per heavy atom. The molecule has 0 spiro atoms. The average molecular weight is 446 g/mol. The molecule has 0 atom stereocenters. The third-order valence-electron chi connectivity index (χ3n) is 4.64. The number of hydrogen-bond acceptors (Lipinski definition) is 6. The zero-order valence-electron chi connectivity index (χ0n) is 16.1. The number of aromatic nitrogens is 2. The van der Waals surface area contributed by atoms with Gasteiger partial charge in [-0.1, -0.05) is 17.7 Å². The van der Waals surface area contributed by atoms with Gasteiger partial charge in [0, 0.05) is 30.5 Å². The quantitative estimate of drug-likeness (QED) is 0.395. The number of hydrogen-bond donors (Lipinski definition) is 3. The molecule has 156 valence electrons. The fourth-order valence-corrected chi connectivity index (χ4v) is 3.96. The summed E-state index contributed by atoms with van der Waals surface area (Å²) in [4.78, 5) is 21.6. The zero-order valence-corrected chi connectivity index (χ0v) is 17.7. The number of nitrogens with zero attached hydrogens (tertiary/aromatic N) is 2. The number of rotatable bonds is 9. The van der Waals surface area contributed by atoms with Crippen LogP contribution in [0.5, 0.6) is 0 Å². The molecule has 1 aliphatic rings. The second kappa shape index (κ2) is 9.40. The fraction of sp³-hybridized carbons (Fsp3) is 0.286. The average Bonchev–Trinajstić information content (AvgIpc) is 3.47. The summed E-state index contributed by atoms with van der Waals surface area (Å²) >= 11 is 7.13. The predicted octanol–water partition coefficient (Wildman–Crippen LogP) is 5.18. The Bertz CT molecular complexity index is 1040. The number of amides is 1. The Hall–Kier alpha value is -2.71. The SMILES string of the molecule is O=C(NCCCNc1nc(Nc2cccc(F)c2)ncc1C1CC1)c1ccc(Cl)s1. The van der Waals surface area contributed by atoms with Gasteiger partial charge in [0.05, 0.1) is 9.21 Å². The molecule has 2 aromatic heterocycles. The number of carbonyl (C=O) groups is 1. The van der Waals surface area contributed by atoms with Crippen LogP contribution in [-0.2, 0) is 0 Å². The highest BCUT2D eigenvalue weighted by Crippen LogP contribution is 2.42. The van der Waals surface area contributed by atoms with Gasteiger partial charge < -0.3 is 16.0 Å². The standard InChI is InChI=1S/C21H21ClFN5OS/c22-18-8-7-17(30-18)20(29)25-10-2-9-24-19-16(13-5-6-13)12-26-21(28-19)27-15-4-1-3-14(23)11-15/h1,3-4,7-8,11-13H,2,5-6,9-10H2,(H,25,29)(H2,24,26,27,28). The molecule has 1 aromatic carbocycles. The lowest BCUT2D eigenvalue weighted by Gasteiger charge is -2.13. The van der Waals surface area contributed by atoms with Gasteiger partial charge in [0.15, 0.2) is 0 Å². The van der Waals surface area contributed by atoms with Crippen molar-refractivity contribution >= 4 is 46.3 Å². The zero-order chi connectivity index (χ0) is 20.9. The van der Waals surface area contributed by atoms with Gasteiger partial charge >= 0.3 is 0 Å². The highest BCUT2D eigenvalue weighted by Gasteiger charge is 2.27. The summed E-state index contributed by atoms with van der Waals surface area (Å²) in [6.45, 7) is 1.20. The molecule has 0 bridgehead atoms. The minimum Gasteiger partial charge on any atom is -0.370 e. The lowest BCUT2D eigenvalue weighted by atomic mass is 10.2. The second-order valence-electron chi connectivity index (χ2n) is 7.05. The third-order valence-corrected chi connectivity index (χ3v) is 5.87. The molecule has 4 rings (SSSR count). The van der Waals surface area contributed by atoms with Crippen molar-refractivity contribution in [3.05, 3.63) is 63.2 Å². The van der Waals surface area contributed by atoms with E-state index < -0.39 is 0 Å². The van der Waals surface area contributed by atoms with E-state index in [4.69, 9.17) is 11.6 Å². The molecule has 3 aromatic rings. The molecule has 3 N–H and O–H groups in total. The molecule has 2 heterocycles. The van der Waals surface area contributed by atoms with E-state index in [1.807, 2.05) is 6.20 Å². The molecule has 6 nitrogen and oxygen atoms in total. The van der Waals surface area contributed by atoms with E-state index in [2.05, 4.69) is 25.9 Å². The van der Waals surface area contributed by atoms with Crippen LogP contribution in [0.2, 0.25) is 4.34 Å². The molecular weight excluding hydrogens is 425 g/mol. The smallest absolute Gasteiger partial charge is 0.261 e. The van der Waals surface area contributed by atoms with Crippen LogP contribution < -0.4 is 16.0 Å². The van der Waals surface area contributed by atoms with Crippen molar-refractivity contribution in [2.75, 3.05) is 23.7 Å². The first kappa shape index (κ1) is 20.6.